The molecule has 5 heteroatoms. The van der Waals surface area contributed by atoms with Gasteiger partial charge in [0.2, 0.25) is 0 Å². The van der Waals surface area contributed by atoms with E-state index in [9.17, 15) is 0 Å². The first-order valence-electron chi connectivity index (χ1n) is 5.87. The van der Waals surface area contributed by atoms with E-state index in [0.717, 1.165) is 0 Å². The van der Waals surface area contributed by atoms with Crippen molar-refractivity contribution in [3.63, 3.8) is 0 Å². The third-order valence-electron chi connectivity index (χ3n) is 5.09. The Morgan fingerprint density at radius 1 is 1.00 bits per heavy atom. The quantitative estimate of drug-likeness (QED) is 0.666. The van der Waals surface area contributed by atoms with Gasteiger partial charge in [-0.05, 0) is 0 Å². The van der Waals surface area contributed by atoms with Gasteiger partial charge in [-0.15, -0.1) is 24.8 Å². The summed E-state index contributed by atoms with van der Waals surface area (Å²) in [5.74, 6) is 0. The van der Waals surface area contributed by atoms with Crippen LogP contribution in [-0.2, 0) is 20.4 Å². The van der Waals surface area contributed by atoms with E-state index in [-0.39, 0.29) is 24.8 Å². The van der Waals surface area contributed by atoms with Crippen LogP contribution in [0.4, 0.5) is 0 Å². The average Bonchev–Trinajstić information content (AvgIpc) is 2.35. The van der Waals surface area contributed by atoms with E-state index in [0.29, 0.717) is 5.04 Å². The summed E-state index contributed by atoms with van der Waals surface area (Å²) >= 11 is 2.33. The van der Waals surface area contributed by atoms with Crippen LogP contribution in [-0.4, -0.2) is 26.9 Å². The number of hydrogen-bond acceptors (Lipinski definition) is 1. The Morgan fingerprint density at radius 3 is 1.61 bits per heavy atom. The smallest absolute Gasteiger partial charge is 0.147 e. The van der Waals surface area contributed by atoms with Crippen LogP contribution in [0.2, 0.25) is 18.1 Å². The Balaban J connectivity index is 0. The predicted octanol–water partition coefficient (Wildman–Crippen LogP) is 4.53. The van der Waals surface area contributed by atoms with Crippen molar-refractivity contribution in [3.05, 3.63) is 20.6 Å². The maximum absolute atomic E-state index is 2.48. The minimum absolute atomic E-state index is 0. The number of nitrogens with zero attached hydrogens (tertiary/aromatic N) is 1. The molecule has 1 nitrogen and oxygen atoms in total. The first kappa shape index (κ1) is 21.3. The average molecular weight is 343 g/mol. The first-order valence-corrected chi connectivity index (χ1v) is 9.60. The maximum Gasteiger partial charge on any atom is -0.147 e. The zero-order valence-corrected chi connectivity index (χ0v) is 17.0. The molecule has 18 heavy (non-hydrogen) atoms. The van der Waals surface area contributed by atoms with Crippen LogP contribution in [0.1, 0.15) is 27.7 Å². The summed E-state index contributed by atoms with van der Waals surface area (Å²) in [6.45, 7) is 14.3. The van der Waals surface area contributed by atoms with Gasteiger partial charge in [-0.1, -0.05) is 0 Å². The third-order valence-corrected chi connectivity index (χ3v) is 12.2. The molecule has 1 aliphatic carbocycles. The van der Waals surface area contributed by atoms with Gasteiger partial charge >= 0.3 is 114 Å². The van der Waals surface area contributed by atoms with Gasteiger partial charge in [0, 0.05) is 0 Å². The normalized spacial score (nSPS) is 24.2. The summed E-state index contributed by atoms with van der Waals surface area (Å²) in [5.41, 5.74) is 4.62. The summed E-state index contributed by atoms with van der Waals surface area (Å²) in [4.78, 5) is 0. The SMILES string of the molecule is CC1=C(C)C(C)([Si](C)(C)N(C)C)[C]([Ti])=C1C.Cl.Cl. The number of allylic oxidation sites excluding steroid dienone is 4. The van der Waals surface area contributed by atoms with E-state index in [4.69, 9.17) is 0 Å². The molecule has 0 radical (unpaired) electrons. The van der Waals surface area contributed by atoms with Gasteiger partial charge in [0.1, 0.15) is 0 Å². The van der Waals surface area contributed by atoms with E-state index < -0.39 is 8.24 Å². The summed E-state index contributed by atoms with van der Waals surface area (Å²) in [7, 11) is 3.01. The molecule has 0 aromatic heterocycles. The standard InChI is InChI=1S/C13H24NSi.2ClH.Ti/c1-10-9-13(4,12(3)11(10)2)15(7,8)14(5)6;;;/h1-8H3;2*1H;. The Hall–Kier alpha value is 0.951. The zero-order valence-electron chi connectivity index (χ0n) is 12.8. The van der Waals surface area contributed by atoms with Crippen LogP contribution in [0.25, 0.3) is 0 Å². The number of hydrogen-bond donors (Lipinski definition) is 0. The van der Waals surface area contributed by atoms with E-state index in [2.05, 4.69) is 79.9 Å². The molecule has 0 aliphatic heterocycles. The number of rotatable bonds is 2. The first-order chi connectivity index (χ1) is 7.08. The second kappa shape index (κ2) is 6.60. The molecule has 1 unspecified atom stereocenters. The van der Waals surface area contributed by atoms with Gasteiger partial charge in [0.25, 0.3) is 0 Å². The Morgan fingerprint density at radius 2 is 1.39 bits per heavy atom. The van der Waals surface area contributed by atoms with Crippen molar-refractivity contribution in [1.29, 1.82) is 0 Å². The molecule has 0 spiro atoms. The van der Waals surface area contributed by atoms with Gasteiger partial charge in [-0.3, -0.25) is 0 Å². The molecule has 105 valence electrons. The van der Waals surface area contributed by atoms with Crippen LogP contribution >= 0.6 is 24.8 Å². The van der Waals surface area contributed by atoms with Crippen molar-refractivity contribution in [2.45, 2.75) is 45.8 Å². The molecule has 0 saturated carbocycles. The number of halogens is 2. The minimum Gasteiger partial charge on any atom is -0.147 e. The Kier molecular flexibility index (Phi) is 7.80. The van der Waals surface area contributed by atoms with Gasteiger partial charge in [0.05, 0.1) is 0 Å². The monoisotopic (exact) mass is 342 g/mol. The zero-order chi connectivity index (χ0) is 12.9. The second-order valence-corrected chi connectivity index (χ2v) is 11.6. The molecule has 0 aromatic rings. The molecule has 1 rings (SSSR count). The van der Waals surface area contributed by atoms with Crippen molar-refractivity contribution in [1.82, 2.24) is 4.57 Å². The molecule has 0 N–H and O–H groups in total. The largest absolute Gasteiger partial charge is 0.147 e. The minimum atomic E-state index is -1.46. The molecule has 0 fully saturated rings. The predicted molar refractivity (Wildman–Crippen MR) is 85.1 cm³/mol. The van der Waals surface area contributed by atoms with Gasteiger partial charge in [-0.2, -0.15) is 0 Å². The Bertz CT molecular complexity index is 362. The van der Waals surface area contributed by atoms with Crippen LogP contribution in [0.3, 0.4) is 0 Å². The molecule has 0 saturated heterocycles. The van der Waals surface area contributed by atoms with Crippen molar-refractivity contribution in [2.75, 3.05) is 14.1 Å². The third kappa shape index (κ3) is 2.70. The van der Waals surface area contributed by atoms with Gasteiger partial charge in [-0.25, -0.2) is 0 Å². The summed E-state index contributed by atoms with van der Waals surface area (Å²) < 4.78 is 4.07. The summed E-state index contributed by atoms with van der Waals surface area (Å²) in [6.07, 6.45) is 0. The second-order valence-electron chi connectivity index (χ2n) is 5.83. The fraction of sp³-hybridized carbons (Fsp3) is 0.692. The topological polar surface area (TPSA) is 3.24 Å². The molecule has 0 amide bonds. The molecule has 0 heterocycles. The Labute approximate surface area is 138 Å². The van der Waals surface area contributed by atoms with E-state index >= 15 is 0 Å². The molecule has 1 atom stereocenters. The van der Waals surface area contributed by atoms with E-state index in [1.54, 1.807) is 9.45 Å². The molecule has 1 aliphatic rings. The van der Waals surface area contributed by atoms with Crippen LogP contribution in [0, 0.1) is 0 Å². The van der Waals surface area contributed by atoms with Crippen molar-refractivity contribution >= 4 is 33.0 Å². The van der Waals surface area contributed by atoms with Gasteiger partial charge < -0.3 is 0 Å². The van der Waals surface area contributed by atoms with Gasteiger partial charge in [0.15, 0.2) is 0 Å². The maximum atomic E-state index is 2.48. The van der Waals surface area contributed by atoms with Crippen LogP contribution < -0.4 is 0 Å². The summed E-state index contributed by atoms with van der Waals surface area (Å²) in [5, 5.41) is 0.296. The fourth-order valence-corrected chi connectivity index (χ4v) is 7.44. The van der Waals surface area contributed by atoms with Crippen molar-refractivity contribution in [3.8, 4) is 0 Å². The molecular formula is C13H26Cl2NSiTi. The van der Waals surface area contributed by atoms with Crippen molar-refractivity contribution in [2.24, 2.45) is 0 Å². The fourth-order valence-electron chi connectivity index (χ4n) is 2.62. The molecule has 0 bridgehead atoms. The van der Waals surface area contributed by atoms with Crippen LogP contribution in [0.15, 0.2) is 20.6 Å². The molecule has 0 aromatic carbocycles. The molecular weight excluding hydrogens is 317 g/mol. The van der Waals surface area contributed by atoms with Crippen LogP contribution in [0.5, 0.6) is 0 Å². The van der Waals surface area contributed by atoms with E-state index in [1.165, 1.54) is 11.1 Å². The summed E-state index contributed by atoms with van der Waals surface area (Å²) in [6, 6.07) is 0. The van der Waals surface area contributed by atoms with E-state index in [1.807, 2.05) is 0 Å². The van der Waals surface area contributed by atoms with Crippen molar-refractivity contribution < 1.29 is 20.4 Å².